The first kappa shape index (κ1) is 11.8. The molecule has 1 atom stereocenters. The summed E-state index contributed by atoms with van der Waals surface area (Å²) in [6.07, 6.45) is 2.65. The second-order valence-electron chi connectivity index (χ2n) is 4.21. The molecule has 0 spiro atoms. The van der Waals surface area contributed by atoms with Crippen molar-refractivity contribution in [2.75, 3.05) is 6.54 Å². The highest BCUT2D eigenvalue weighted by atomic mass is 15.2. The lowest BCUT2D eigenvalue weighted by atomic mass is 9.98. The monoisotopic (exact) mass is 230 g/mol. The van der Waals surface area contributed by atoms with Crippen molar-refractivity contribution in [2.24, 2.45) is 0 Å². The summed E-state index contributed by atoms with van der Waals surface area (Å²) in [4.78, 5) is 4.06. The number of nitrogens with one attached hydrogen (secondary N) is 2. The van der Waals surface area contributed by atoms with Crippen molar-refractivity contribution >= 4 is 0 Å². The predicted octanol–water partition coefficient (Wildman–Crippen LogP) is 2.09. The molecule has 0 aliphatic rings. The Morgan fingerprint density at radius 2 is 2.12 bits per heavy atom. The summed E-state index contributed by atoms with van der Waals surface area (Å²) in [6, 6.07) is 10.6. The average molecular weight is 230 g/mol. The lowest BCUT2D eigenvalue weighted by Gasteiger charge is -2.11. The van der Waals surface area contributed by atoms with Gasteiger partial charge in [-0.3, -0.25) is 5.10 Å². The van der Waals surface area contributed by atoms with Crippen molar-refractivity contribution in [3.63, 3.8) is 0 Å². The number of hydrogen-bond acceptors (Lipinski definition) is 3. The molecule has 0 saturated heterocycles. The molecule has 17 heavy (non-hydrogen) atoms. The van der Waals surface area contributed by atoms with Crippen LogP contribution >= 0.6 is 0 Å². The van der Waals surface area contributed by atoms with E-state index in [1.54, 1.807) is 0 Å². The van der Waals surface area contributed by atoms with Crippen LogP contribution in [0.5, 0.6) is 0 Å². The Balaban J connectivity index is 1.68. The molecule has 0 aliphatic heterocycles. The Hall–Kier alpha value is -1.68. The average Bonchev–Trinajstić information content (AvgIpc) is 2.88. The zero-order valence-corrected chi connectivity index (χ0v) is 10.1. The first-order valence-electron chi connectivity index (χ1n) is 5.96. The molecule has 4 nitrogen and oxygen atoms in total. The van der Waals surface area contributed by atoms with Crippen molar-refractivity contribution in [1.29, 1.82) is 0 Å². The van der Waals surface area contributed by atoms with Gasteiger partial charge in [-0.25, -0.2) is 4.98 Å². The molecule has 0 bridgehead atoms. The summed E-state index contributed by atoms with van der Waals surface area (Å²) in [7, 11) is 0. The zero-order valence-electron chi connectivity index (χ0n) is 10.1. The van der Waals surface area contributed by atoms with Crippen molar-refractivity contribution in [1.82, 2.24) is 20.5 Å². The Labute approximate surface area is 101 Å². The van der Waals surface area contributed by atoms with Crippen LogP contribution in [0.1, 0.15) is 30.7 Å². The predicted molar refractivity (Wildman–Crippen MR) is 67.6 cm³/mol. The van der Waals surface area contributed by atoms with Gasteiger partial charge >= 0.3 is 0 Å². The van der Waals surface area contributed by atoms with Crippen LogP contribution in [0.15, 0.2) is 36.7 Å². The van der Waals surface area contributed by atoms with Crippen LogP contribution in [-0.2, 0) is 6.54 Å². The van der Waals surface area contributed by atoms with Gasteiger partial charge in [0.25, 0.3) is 0 Å². The highest BCUT2D eigenvalue weighted by Gasteiger charge is 2.04. The molecule has 0 radical (unpaired) electrons. The van der Waals surface area contributed by atoms with E-state index in [2.05, 4.69) is 57.8 Å². The summed E-state index contributed by atoms with van der Waals surface area (Å²) in [5.41, 5.74) is 1.40. The molecule has 0 aliphatic carbocycles. The number of hydrogen-bond donors (Lipinski definition) is 2. The van der Waals surface area contributed by atoms with E-state index in [1.165, 1.54) is 11.9 Å². The summed E-state index contributed by atoms with van der Waals surface area (Å²) < 4.78 is 0. The second kappa shape index (κ2) is 6.15. The molecule has 1 heterocycles. The van der Waals surface area contributed by atoms with E-state index in [0.717, 1.165) is 25.3 Å². The smallest absolute Gasteiger partial charge is 0.138 e. The third kappa shape index (κ3) is 3.67. The number of aromatic amines is 1. The van der Waals surface area contributed by atoms with Crippen molar-refractivity contribution in [3.8, 4) is 0 Å². The summed E-state index contributed by atoms with van der Waals surface area (Å²) in [5.74, 6) is 1.47. The number of nitrogens with zero attached hydrogens (tertiary/aromatic N) is 2. The topological polar surface area (TPSA) is 53.6 Å². The molecule has 0 saturated carbocycles. The fraction of sp³-hybridized carbons (Fsp3) is 0.385. The van der Waals surface area contributed by atoms with Crippen LogP contribution in [0.3, 0.4) is 0 Å². The maximum Gasteiger partial charge on any atom is 0.138 e. The third-order valence-electron chi connectivity index (χ3n) is 2.88. The largest absolute Gasteiger partial charge is 0.310 e. The van der Waals surface area contributed by atoms with Gasteiger partial charge < -0.3 is 5.32 Å². The van der Waals surface area contributed by atoms with Gasteiger partial charge in [-0.05, 0) is 24.4 Å². The molecular formula is C13H18N4. The fourth-order valence-electron chi connectivity index (χ4n) is 1.79. The van der Waals surface area contributed by atoms with Gasteiger partial charge in [-0.15, -0.1) is 0 Å². The minimum absolute atomic E-state index is 0.582. The van der Waals surface area contributed by atoms with Gasteiger partial charge in [-0.2, -0.15) is 5.10 Å². The molecule has 2 aromatic rings. The highest BCUT2D eigenvalue weighted by molar-refractivity contribution is 5.18. The van der Waals surface area contributed by atoms with Gasteiger partial charge in [0.05, 0.1) is 6.54 Å². The van der Waals surface area contributed by atoms with Gasteiger partial charge in [0.15, 0.2) is 0 Å². The lowest BCUT2D eigenvalue weighted by molar-refractivity contribution is 0.584. The van der Waals surface area contributed by atoms with Gasteiger partial charge in [0.2, 0.25) is 0 Å². The minimum Gasteiger partial charge on any atom is -0.310 e. The SMILES string of the molecule is CC(CCNCc1ncn[nH]1)c1ccccc1. The van der Waals surface area contributed by atoms with E-state index >= 15 is 0 Å². The summed E-state index contributed by atoms with van der Waals surface area (Å²) >= 11 is 0. The van der Waals surface area contributed by atoms with E-state index in [9.17, 15) is 0 Å². The maximum atomic E-state index is 4.06. The molecule has 2 rings (SSSR count). The molecule has 4 heteroatoms. The van der Waals surface area contributed by atoms with Crippen LogP contribution in [0.25, 0.3) is 0 Å². The fourth-order valence-corrected chi connectivity index (χ4v) is 1.79. The third-order valence-corrected chi connectivity index (χ3v) is 2.88. The number of aromatic nitrogens is 3. The number of rotatable bonds is 6. The normalized spacial score (nSPS) is 12.5. The standard InChI is InChI=1S/C13H18N4/c1-11(12-5-3-2-4-6-12)7-8-14-9-13-15-10-16-17-13/h2-6,10-11,14H,7-9H2,1H3,(H,15,16,17). The Bertz CT molecular complexity index is 410. The number of benzene rings is 1. The summed E-state index contributed by atoms with van der Waals surface area (Å²) in [5, 5.41) is 10.00. The lowest BCUT2D eigenvalue weighted by Crippen LogP contribution is -2.17. The molecule has 0 fully saturated rings. The van der Waals surface area contributed by atoms with E-state index < -0.39 is 0 Å². The van der Waals surface area contributed by atoms with E-state index in [-0.39, 0.29) is 0 Å². The molecule has 1 aromatic heterocycles. The van der Waals surface area contributed by atoms with E-state index in [0.29, 0.717) is 5.92 Å². The van der Waals surface area contributed by atoms with Crippen molar-refractivity contribution in [2.45, 2.75) is 25.8 Å². The van der Waals surface area contributed by atoms with Gasteiger partial charge in [-0.1, -0.05) is 37.3 Å². The first-order chi connectivity index (χ1) is 8.36. The molecule has 2 N–H and O–H groups in total. The van der Waals surface area contributed by atoms with Crippen LogP contribution in [0, 0.1) is 0 Å². The van der Waals surface area contributed by atoms with Crippen molar-refractivity contribution in [3.05, 3.63) is 48.0 Å². The van der Waals surface area contributed by atoms with Crippen LogP contribution in [0.4, 0.5) is 0 Å². The Morgan fingerprint density at radius 1 is 1.29 bits per heavy atom. The van der Waals surface area contributed by atoms with E-state index in [1.807, 2.05) is 0 Å². The zero-order chi connectivity index (χ0) is 11.9. The van der Waals surface area contributed by atoms with Crippen LogP contribution in [-0.4, -0.2) is 21.7 Å². The van der Waals surface area contributed by atoms with E-state index in [4.69, 9.17) is 0 Å². The molecule has 1 unspecified atom stereocenters. The van der Waals surface area contributed by atoms with Crippen LogP contribution < -0.4 is 5.32 Å². The minimum atomic E-state index is 0.582. The molecule has 90 valence electrons. The Kier molecular flexibility index (Phi) is 4.27. The van der Waals surface area contributed by atoms with Gasteiger partial charge in [0.1, 0.15) is 12.2 Å². The maximum absolute atomic E-state index is 4.06. The quantitative estimate of drug-likeness (QED) is 0.747. The molecule has 1 aromatic carbocycles. The van der Waals surface area contributed by atoms with Gasteiger partial charge in [0, 0.05) is 0 Å². The Morgan fingerprint density at radius 3 is 2.82 bits per heavy atom. The second-order valence-corrected chi connectivity index (χ2v) is 4.21. The molecule has 0 amide bonds. The highest BCUT2D eigenvalue weighted by Crippen LogP contribution is 2.17. The number of H-pyrrole nitrogens is 1. The van der Waals surface area contributed by atoms with Crippen LogP contribution in [0.2, 0.25) is 0 Å². The summed E-state index contributed by atoms with van der Waals surface area (Å²) in [6.45, 7) is 3.99. The first-order valence-corrected chi connectivity index (χ1v) is 5.96. The molecular weight excluding hydrogens is 212 g/mol. The van der Waals surface area contributed by atoms with Crippen molar-refractivity contribution < 1.29 is 0 Å².